The van der Waals surface area contributed by atoms with Gasteiger partial charge in [-0.1, -0.05) is 108 Å². The maximum absolute atomic E-state index is 4.05. The molecule has 1 aliphatic rings. The topological polar surface area (TPSA) is 0 Å². The van der Waals surface area contributed by atoms with Crippen molar-refractivity contribution in [2.45, 2.75) is 54.4 Å². The minimum Gasteiger partial charge on any atom is -0.0985 e. The van der Waals surface area contributed by atoms with Crippen molar-refractivity contribution < 1.29 is 0 Å². The average Bonchev–Trinajstić information content (AvgIpc) is 2.91. The molecule has 0 fully saturated rings. The van der Waals surface area contributed by atoms with Gasteiger partial charge in [0.05, 0.1) is 0 Å². The molecule has 0 heterocycles. The Bertz CT molecular complexity index is 746. The zero-order valence-corrected chi connectivity index (χ0v) is 18.0. The monoisotopic (exact) mass is 360 g/mol. The van der Waals surface area contributed by atoms with E-state index >= 15 is 0 Å². The third-order valence-corrected chi connectivity index (χ3v) is 4.67. The predicted molar refractivity (Wildman–Crippen MR) is 124 cm³/mol. The number of allylic oxidation sites excluding steroid dienone is 11. The zero-order chi connectivity index (χ0) is 20.2. The smallest absolute Gasteiger partial charge is 0.00826 e. The van der Waals surface area contributed by atoms with Gasteiger partial charge in [0.25, 0.3) is 0 Å². The average molecular weight is 361 g/mol. The Morgan fingerprint density at radius 2 is 1.81 bits per heavy atom. The van der Waals surface area contributed by atoms with Crippen LogP contribution in [0.5, 0.6) is 0 Å². The van der Waals surface area contributed by atoms with E-state index in [1.165, 1.54) is 33.4 Å². The molecule has 0 heteroatoms. The Balaban J connectivity index is 0.00000176. The second kappa shape index (κ2) is 12.1. The molecule has 0 N–H and O–H groups in total. The van der Waals surface area contributed by atoms with Crippen molar-refractivity contribution in [3.05, 3.63) is 101 Å². The largest absolute Gasteiger partial charge is 0.0985 e. The van der Waals surface area contributed by atoms with Crippen molar-refractivity contribution in [3.63, 3.8) is 0 Å². The summed E-state index contributed by atoms with van der Waals surface area (Å²) in [6, 6.07) is 10.7. The lowest BCUT2D eigenvalue weighted by atomic mass is 9.89. The zero-order valence-electron chi connectivity index (χ0n) is 18.0. The highest BCUT2D eigenvalue weighted by Crippen LogP contribution is 2.36. The van der Waals surface area contributed by atoms with Gasteiger partial charge < -0.3 is 0 Å². The van der Waals surface area contributed by atoms with Crippen molar-refractivity contribution in [1.29, 1.82) is 0 Å². The summed E-state index contributed by atoms with van der Waals surface area (Å²) in [5.74, 6) is 0.465. The highest BCUT2D eigenvalue weighted by molar-refractivity contribution is 5.82. The number of hydrogen-bond donors (Lipinski definition) is 0. The van der Waals surface area contributed by atoms with Crippen molar-refractivity contribution >= 4 is 5.57 Å². The molecule has 0 atom stereocenters. The second-order valence-corrected chi connectivity index (χ2v) is 6.65. The van der Waals surface area contributed by atoms with Crippen LogP contribution in [0.25, 0.3) is 5.57 Å². The first-order chi connectivity index (χ1) is 13.1. The lowest BCUT2D eigenvalue weighted by Gasteiger charge is -2.16. The molecule has 0 bridgehead atoms. The van der Waals surface area contributed by atoms with Gasteiger partial charge in [0.1, 0.15) is 0 Å². The molecular weight excluding hydrogens is 324 g/mol. The first-order valence-electron chi connectivity index (χ1n) is 10.3. The molecule has 0 spiro atoms. The normalized spacial score (nSPS) is 15.1. The van der Waals surface area contributed by atoms with Gasteiger partial charge in [0, 0.05) is 0 Å². The maximum Gasteiger partial charge on any atom is -0.00826 e. The Kier molecular flexibility index (Phi) is 10.2. The van der Waals surface area contributed by atoms with E-state index in [0.717, 1.165) is 12.8 Å². The summed E-state index contributed by atoms with van der Waals surface area (Å²) in [4.78, 5) is 0. The van der Waals surface area contributed by atoms with E-state index in [-0.39, 0.29) is 0 Å². The highest BCUT2D eigenvalue weighted by atomic mass is 14.2. The fraction of sp³-hybridized carbons (Fsp3) is 0.333. The van der Waals surface area contributed by atoms with E-state index < -0.39 is 0 Å². The van der Waals surface area contributed by atoms with Crippen LogP contribution in [-0.2, 0) is 0 Å². The van der Waals surface area contributed by atoms with Crippen LogP contribution in [0.1, 0.15) is 59.9 Å². The van der Waals surface area contributed by atoms with E-state index in [1.807, 2.05) is 26.8 Å². The summed E-state index contributed by atoms with van der Waals surface area (Å²) in [6.07, 6.45) is 15.1. The van der Waals surface area contributed by atoms with E-state index in [2.05, 4.69) is 88.1 Å². The molecule has 1 aliphatic carbocycles. The Morgan fingerprint density at radius 1 is 1.15 bits per heavy atom. The third-order valence-electron chi connectivity index (χ3n) is 4.67. The van der Waals surface area contributed by atoms with Gasteiger partial charge in [-0.3, -0.25) is 0 Å². The van der Waals surface area contributed by atoms with Crippen molar-refractivity contribution in [2.75, 3.05) is 0 Å². The molecule has 2 rings (SSSR count). The van der Waals surface area contributed by atoms with Gasteiger partial charge in [0.15, 0.2) is 0 Å². The van der Waals surface area contributed by atoms with Crippen LogP contribution in [0.4, 0.5) is 0 Å². The minimum absolute atomic E-state index is 0.465. The summed E-state index contributed by atoms with van der Waals surface area (Å²) in [5.41, 5.74) is 8.10. The van der Waals surface area contributed by atoms with Crippen LogP contribution in [0, 0.1) is 5.92 Å². The van der Waals surface area contributed by atoms with Crippen LogP contribution in [0.15, 0.2) is 95.7 Å². The van der Waals surface area contributed by atoms with Gasteiger partial charge in [-0.05, 0) is 59.1 Å². The molecule has 0 unspecified atom stereocenters. The second-order valence-electron chi connectivity index (χ2n) is 6.65. The number of hydrogen-bond acceptors (Lipinski definition) is 0. The van der Waals surface area contributed by atoms with E-state index in [4.69, 9.17) is 0 Å². The molecule has 0 saturated heterocycles. The standard InChI is InChI=1S/C25H30.C2H6/c1-6-9-13-20(7-2)23-17-16-21(8-3)25(18-24(23)19(4)5)22-14-11-10-12-15-22;1-2/h6-7,9-16,18-19H,2,8,17H2,1,3-5H3;1-2H3/b9-6-,20-13+;. The fourth-order valence-corrected chi connectivity index (χ4v) is 3.30. The number of rotatable bonds is 6. The lowest BCUT2D eigenvalue weighted by Crippen LogP contribution is -1.99. The number of benzene rings is 1. The van der Waals surface area contributed by atoms with Gasteiger partial charge in [0.2, 0.25) is 0 Å². The van der Waals surface area contributed by atoms with E-state index in [0.29, 0.717) is 5.92 Å². The first-order valence-corrected chi connectivity index (χ1v) is 10.3. The molecule has 0 aliphatic heterocycles. The quantitative estimate of drug-likeness (QED) is 0.446. The Hall–Kier alpha value is -2.34. The SMILES string of the molecule is C=C/C(=C\C=C/C)C1=C(C(C)C)C=C(c2ccccc2)C(CC)=CC1.CC. The molecule has 0 radical (unpaired) electrons. The first kappa shape index (κ1) is 22.7. The summed E-state index contributed by atoms with van der Waals surface area (Å²) >= 11 is 0. The van der Waals surface area contributed by atoms with Gasteiger partial charge in [-0.25, -0.2) is 0 Å². The predicted octanol–water partition coefficient (Wildman–Crippen LogP) is 8.48. The van der Waals surface area contributed by atoms with Crippen LogP contribution in [0.2, 0.25) is 0 Å². The molecule has 0 aromatic heterocycles. The van der Waals surface area contributed by atoms with Gasteiger partial charge >= 0.3 is 0 Å². The highest BCUT2D eigenvalue weighted by Gasteiger charge is 2.17. The summed E-state index contributed by atoms with van der Waals surface area (Å²) in [6.45, 7) is 16.9. The van der Waals surface area contributed by atoms with Crippen LogP contribution in [-0.4, -0.2) is 0 Å². The van der Waals surface area contributed by atoms with Gasteiger partial charge in [-0.15, -0.1) is 0 Å². The molecular formula is C27H36. The van der Waals surface area contributed by atoms with Crippen molar-refractivity contribution in [1.82, 2.24) is 0 Å². The molecule has 1 aromatic rings. The molecule has 0 nitrogen and oxygen atoms in total. The summed E-state index contributed by atoms with van der Waals surface area (Å²) in [7, 11) is 0. The van der Waals surface area contributed by atoms with Crippen LogP contribution in [0.3, 0.4) is 0 Å². The van der Waals surface area contributed by atoms with Gasteiger partial charge in [-0.2, -0.15) is 0 Å². The van der Waals surface area contributed by atoms with E-state index in [1.54, 1.807) is 0 Å². The minimum atomic E-state index is 0.465. The molecule has 1 aromatic carbocycles. The molecule has 27 heavy (non-hydrogen) atoms. The molecule has 0 saturated carbocycles. The third kappa shape index (κ3) is 6.10. The molecule has 0 amide bonds. The van der Waals surface area contributed by atoms with Crippen LogP contribution >= 0.6 is 0 Å². The Morgan fingerprint density at radius 3 is 2.33 bits per heavy atom. The Labute approximate surface area is 167 Å². The van der Waals surface area contributed by atoms with E-state index in [9.17, 15) is 0 Å². The lowest BCUT2D eigenvalue weighted by molar-refractivity contribution is 0.779. The summed E-state index contributed by atoms with van der Waals surface area (Å²) < 4.78 is 0. The van der Waals surface area contributed by atoms with Crippen molar-refractivity contribution in [2.24, 2.45) is 5.92 Å². The maximum atomic E-state index is 4.05. The van der Waals surface area contributed by atoms with Crippen molar-refractivity contribution in [3.8, 4) is 0 Å². The van der Waals surface area contributed by atoms with Crippen LogP contribution < -0.4 is 0 Å². The fourth-order valence-electron chi connectivity index (χ4n) is 3.30. The molecule has 144 valence electrons. The summed E-state index contributed by atoms with van der Waals surface area (Å²) in [5, 5.41) is 0.